The zero-order valence-corrected chi connectivity index (χ0v) is 18.2. The van der Waals surface area contributed by atoms with Crippen LogP contribution >= 0.6 is 11.6 Å². The summed E-state index contributed by atoms with van der Waals surface area (Å²) in [4.78, 5) is 16.1. The molecule has 154 valence electrons. The Morgan fingerprint density at radius 2 is 1.90 bits per heavy atom. The Hall–Kier alpha value is -1.88. The third-order valence-electron chi connectivity index (χ3n) is 6.41. The first-order chi connectivity index (χ1) is 13.8. The van der Waals surface area contributed by atoms with Gasteiger partial charge in [0.15, 0.2) is 0 Å². The van der Waals surface area contributed by atoms with Crippen molar-refractivity contribution in [1.82, 2.24) is 9.80 Å². The normalized spacial score (nSPS) is 24.3. The Morgan fingerprint density at radius 1 is 1.14 bits per heavy atom. The summed E-state index contributed by atoms with van der Waals surface area (Å²) in [6.45, 7) is 9.02. The maximum absolute atomic E-state index is 11.2. The molecule has 2 atom stereocenters. The summed E-state index contributed by atoms with van der Waals surface area (Å²) in [7, 11) is 0. The van der Waals surface area contributed by atoms with Gasteiger partial charge in [0.1, 0.15) is 6.73 Å². The number of carbonyl (C=O) groups is 1. The van der Waals surface area contributed by atoms with Gasteiger partial charge in [0.2, 0.25) is 0 Å². The van der Waals surface area contributed by atoms with Gasteiger partial charge in [-0.05, 0) is 49.1 Å². The fraction of sp³-hybridized carbons (Fsp3) is 0.458. The van der Waals surface area contributed by atoms with Crippen LogP contribution in [0.4, 0.5) is 0 Å². The largest absolute Gasteiger partial charge is 0.450 e. The lowest BCUT2D eigenvalue weighted by atomic mass is 9.93. The molecule has 0 unspecified atom stereocenters. The second kappa shape index (κ2) is 8.10. The highest BCUT2D eigenvalue weighted by Gasteiger charge is 2.41. The van der Waals surface area contributed by atoms with Crippen LogP contribution < -0.4 is 0 Å². The minimum atomic E-state index is -0.228. The third-order valence-corrected chi connectivity index (χ3v) is 6.65. The molecule has 2 aromatic rings. The van der Waals surface area contributed by atoms with Crippen molar-refractivity contribution < 1.29 is 9.53 Å². The SMILES string of the molecule is CC(=O)OCN1CCN([C@@H]2C[C@@H](c3ccccc3)c3ccc(Cl)cc32)CC1(C)C. The number of benzene rings is 2. The van der Waals surface area contributed by atoms with Crippen molar-refractivity contribution in [3.05, 3.63) is 70.2 Å². The number of rotatable bonds is 4. The van der Waals surface area contributed by atoms with E-state index in [2.05, 4.69) is 66.1 Å². The van der Waals surface area contributed by atoms with Crippen molar-refractivity contribution in [3.8, 4) is 0 Å². The molecule has 0 amide bonds. The number of hydrogen-bond acceptors (Lipinski definition) is 4. The Labute approximate surface area is 178 Å². The highest BCUT2D eigenvalue weighted by molar-refractivity contribution is 6.30. The fourth-order valence-electron chi connectivity index (χ4n) is 4.88. The number of esters is 1. The van der Waals surface area contributed by atoms with E-state index >= 15 is 0 Å². The van der Waals surface area contributed by atoms with E-state index in [1.54, 1.807) is 0 Å². The van der Waals surface area contributed by atoms with Crippen molar-refractivity contribution in [2.75, 3.05) is 26.4 Å². The number of halogens is 1. The summed E-state index contributed by atoms with van der Waals surface area (Å²) in [6.07, 6.45) is 1.07. The predicted octanol–water partition coefficient (Wildman–Crippen LogP) is 4.83. The molecule has 4 rings (SSSR count). The maximum Gasteiger partial charge on any atom is 0.303 e. The lowest BCUT2D eigenvalue weighted by Gasteiger charge is -2.48. The summed E-state index contributed by atoms with van der Waals surface area (Å²) in [5, 5.41) is 0.801. The minimum absolute atomic E-state index is 0.0722. The van der Waals surface area contributed by atoms with Crippen LogP contribution in [-0.2, 0) is 9.53 Å². The van der Waals surface area contributed by atoms with Gasteiger partial charge in [0, 0.05) is 49.1 Å². The van der Waals surface area contributed by atoms with E-state index in [9.17, 15) is 4.79 Å². The zero-order chi connectivity index (χ0) is 20.6. The molecule has 1 aliphatic carbocycles. The summed E-state index contributed by atoms with van der Waals surface area (Å²) < 4.78 is 5.28. The summed E-state index contributed by atoms with van der Waals surface area (Å²) in [5.41, 5.74) is 4.05. The van der Waals surface area contributed by atoms with E-state index in [0.717, 1.165) is 31.1 Å². The number of fused-ring (bicyclic) bond motifs is 1. The van der Waals surface area contributed by atoms with Gasteiger partial charge in [-0.2, -0.15) is 0 Å². The molecule has 0 bridgehead atoms. The smallest absolute Gasteiger partial charge is 0.303 e. The van der Waals surface area contributed by atoms with E-state index in [-0.39, 0.29) is 11.5 Å². The first-order valence-corrected chi connectivity index (χ1v) is 10.7. The maximum atomic E-state index is 11.2. The van der Waals surface area contributed by atoms with Crippen molar-refractivity contribution in [3.63, 3.8) is 0 Å². The molecule has 5 heteroatoms. The van der Waals surface area contributed by atoms with Gasteiger partial charge in [-0.25, -0.2) is 0 Å². The van der Waals surface area contributed by atoms with Crippen molar-refractivity contribution >= 4 is 17.6 Å². The van der Waals surface area contributed by atoms with Crippen LogP contribution in [0.2, 0.25) is 5.02 Å². The predicted molar refractivity (Wildman–Crippen MR) is 116 cm³/mol. The first kappa shape index (κ1) is 20.4. The van der Waals surface area contributed by atoms with Gasteiger partial charge in [-0.15, -0.1) is 0 Å². The van der Waals surface area contributed by atoms with E-state index in [0.29, 0.717) is 18.7 Å². The van der Waals surface area contributed by atoms with E-state index in [1.807, 2.05) is 6.07 Å². The van der Waals surface area contributed by atoms with Crippen LogP contribution in [-0.4, -0.2) is 47.7 Å². The van der Waals surface area contributed by atoms with Crippen molar-refractivity contribution in [1.29, 1.82) is 0 Å². The van der Waals surface area contributed by atoms with Crippen LogP contribution in [0, 0.1) is 0 Å². The van der Waals surface area contributed by atoms with E-state index in [4.69, 9.17) is 16.3 Å². The van der Waals surface area contributed by atoms with Crippen LogP contribution in [0.1, 0.15) is 55.8 Å². The average Bonchev–Trinajstić information content (AvgIpc) is 3.05. The molecule has 0 saturated carbocycles. The standard InChI is InChI=1S/C24H29ClN2O2/c1-17(28)29-16-27-12-11-26(15-24(27,2)3)23-14-21(18-7-5-4-6-8-18)20-10-9-19(25)13-22(20)23/h4-10,13,21,23H,11-12,14-16H2,1-3H3/t21-,23+/m0/s1. The van der Waals surface area contributed by atoms with E-state index in [1.165, 1.54) is 23.6 Å². The zero-order valence-electron chi connectivity index (χ0n) is 17.4. The van der Waals surface area contributed by atoms with Crippen LogP contribution in [0.5, 0.6) is 0 Å². The molecule has 1 fully saturated rings. The molecule has 1 heterocycles. The number of nitrogens with zero attached hydrogens (tertiary/aromatic N) is 2. The highest BCUT2D eigenvalue weighted by Crippen LogP contribution is 2.48. The van der Waals surface area contributed by atoms with Gasteiger partial charge in [-0.1, -0.05) is 48.0 Å². The third kappa shape index (κ3) is 4.20. The molecule has 2 aromatic carbocycles. The summed E-state index contributed by atoms with van der Waals surface area (Å²) in [6, 6.07) is 17.5. The number of ether oxygens (including phenoxy) is 1. The Morgan fingerprint density at radius 3 is 2.59 bits per heavy atom. The summed E-state index contributed by atoms with van der Waals surface area (Å²) >= 11 is 6.40. The lowest BCUT2D eigenvalue weighted by molar-refractivity contribution is -0.151. The van der Waals surface area contributed by atoms with Crippen LogP contribution in [0.15, 0.2) is 48.5 Å². The molecular weight excluding hydrogens is 384 g/mol. The monoisotopic (exact) mass is 412 g/mol. The van der Waals surface area contributed by atoms with Crippen LogP contribution in [0.3, 0.4) is 0 Å². The van der Waals surface area contributed by atoms with Crippen LogP contribution in [0.25, 0.3) is 0 Å². The Bertz CT molecular complexity index is 884. The first-order valence-electron chi connectivity index (χ1n) is 10.3. The Balaban J connectivity index is 1.58. The second-order valence-corrected chi connectivity index (χ2v) is 9.24. The molecule has 0 spiro atoms. The second-order valence-electron chi connectivity index (χ2n) is 8.80. The van der Waals surface area contributed by atoms with Crippen molar-refractivity contribution in [2.45, 2.75) is 44.7 Å². The van der Waals surface area contributed by atoms with Gasteiger partial charge >= 0.3 is 5.97 Å². The number of carbonyl (C=O) groups excluding carboxylic acids is 1. The van der Waals surface area contributed by atoms with E-state index < -0.39 is 0 Å². The quantitative estimate of drug-likeness (QED) is 0.673. The van der Waals surface area contributed by atoms with Gasteiger partial charge in [0.25, 0.3) is 0 Å². The van der Waals surface area contributed by atoms with Gasteiger partial charge in [-0.3, -0.25) is 14.6 Å². The molecule has 29 heavy (non-hydrogen) atoms. The molecule has 1 aliphatic heterocycles. The fourth-order valence-corrected chi connectivity index (χ4v) is 5.06. The topological polar surface area (TPSA) is 32.8 Å². The molecule has 0 N–H and O–H groups in total. The lowest BCUT2D eigenvalue weighted by Crippen LogP contribution is -2.60. The van der Waals surface area contributed by atoms with Crippen molar-refractivity contribution in [2.24, 2.45) is 0 Å². The molecule has 0 radical (unpaired) electrons. The number of hydrogen-bond donors (Lipinski definition) is 0. The molecule has 1 saturated heterocycles. The van der Waals surface area contributed by atoms with Gasteiger partial charge < -0.3 is 4.74 Å². The molecule has 0 aromatic heterocycles. The Kier molecular flexibility index (Phi) is 5.69. The summed E-state index contributed by atoms with van der Waals surface area (Å²) in [5.74, 6) is 0.170. The molecular formula is C24H29ClN2O2. The molecule has 2 aliphatic rings. The molecule has 4 nitrogen and oxygen atoms in total. The number of piperazine rings is 1. The highest BCUT2D eigenvalue weighted by atomic mass is 35.5. The average molecular weight is 413 g/mol. The minimum Gasteiger partial charge on any atom is -0.450 e. The van der Waals surface area contributed by atoms with Gasteiger partial charge in [0.05, 0.1) is 0 Å².